The van der Waals surface area contributed by atoms with Crippen molar-refractivity contribution < 1.29 is 14.4 Å². The predicted octanol–water partition coefficient (Wildman–Crippen LogP) is 7.70. The fourth-order valence-corrected chi connectivity index (χ4v) is 4.36. The number of ketones is 1. The number of nitrogens with zero attached hydrogens (tertiary/aromatic N) is 1. The first-order valence-electron chi connectivity index (χ1n) is 11.8. The number of oxime groups is 1. The van der Waals surface area contributed by atoms with Gasteiger partial charge in [-0.15, -0.1) is 0 Å². The number of rotatable bonds is 12. The summed E-state index contributed by atoms with van der Waals surface area (Å²) in [6.07, 6.45) is 6.60. The molecule has 0 saturated heterocycles. The van der Waals surface area contributed by atoms with Crippen LogP contribution in [0.5, 0.6) is 0 Å². The smallest absolute Gasteiger partial charge is 0.318 e. The van der Waals surface area contributed by atoms with Crippen LogP contribution in [0, 0.1) is 0 Å². The number of benzene rings is 3. The maximum Gasteiger partial charge on any atom is 0.331 e. The molecular formula is C29H31NO3S. The Balaban J connectivity index is 1.63. The van der Waals surface area contributed by atoms with Crippen LogP contribution in [0.3, 0.4) is 0 Å². The summed E-state index contributed by atoms with van der Waals surface area (Å²) >= 11 is 1.63. The lowest BCUT2D eigenvalue weighted by Gasteiger charge is -2.08. The third-order valence-electron chi connectivity index (χ3n) is 5.38. The van der Waals surface area contributed by atoms with Gasteiger partial charge in [0.1, 0.15) is 0 Å². The molecule has 0 aromatic heterocycles. The molecule has 4 nitrogen and oxygen atoms in total. The van der Waals surface area contributed by atoms with Gasteiger partial charge >= 0.3 is 5.97 Å². The van der Waals surface area contributed by atoms with Gasteiger partial charge in [0.05, 0.1) is 5.71 Å². The fraction of sp³-hybridized carbons (Fsp3) is 0.276. The SMILES string of the molecule is CCCCCCCC(=NOC(C)=O)c1ccc(Sc2ccc(C(=O)c3ccccc3)cc2)cc1. The number of unbranched alkanes of at least 4 members (excludes halogenated alkanes) is 4. The van der Waals surface area contributed by atoms with Crippen molar-refractivity contribution in [3.8, 4) is 0 Å². The van der Waals surface area contributed by atoms with Gasteiger partial charge in [-0.3, -0.25) is 4.79 Å². The van der Waals surface area contributed by atoms with Crippen molar-refractivity contribution in [3.63, 3.8) is 0 Å². The Labute approximate surface area is 206 Å². The van der Waals surface area contributed by atoms with Crippen LogP contribution < -0.4 is 0 Å². The van der Waals surface area contributed by atoms with E-state index in [9.17, 15) is 9.59 Å². The Hall–Kier alpha value is -3.18. The molecule has 0 N–H and O–H groups in total. The zero-order valence-corrected chi connectivity index (χ0v) is 20.6. The summed E-state index contributed by atoms with van der Waals surface area (Å²) in [6.45, 7) is 3.56. The standard InChI is InChI=1S/C29H31NO3S/c1-3-4-5-6-10-13-28(30-33-22(2)31)23-14-18-26(19-15-23)34-27-20-16-25(17-21-27)29(32)24-11-8-7-9-12-24/h7-9,11-12,14-21H,3-6,10,13H2,1-2H3. The number of hydrogen-bond donors (Lipinski definition) is 0. The van der Waals surface area contributed by atoms with Gasteiger partial charge in [-0.05, 0) is 54.8 Å². The van der Waals surface area contributed by atoms with Crippen LogP contribution in [0.25, 0.3) is 0 Å². The maximum absolute atomic E-state index is 12.6. The van der Waals surface area contributed by atoms with Gasteiger partial charge < -0.3 is 4.84 Å². The van der Waals surface area contributed by atoms with Gasteiger partial charge in [0.2, 0.25) is 0 Å². The van der Waals surface area contributed by atoms with Gasteiger partial charge in [0.25, 0.3) is 0 Å². The van der Waals surface area contributed by atoms with Gasteiger partial charge in [0.15, 0.2) is 5.78 Å². The molecule has 0 amide bonds. The monoisotopic (exact) mass is 473 g/mol. The molecular weight excluding hydrogens is 442 g/mol. The second kappa shape index (κ2) is 13.5. The Morgan fingerprint density at radius 1 is 0.735 bits per heavy atom. The molecule has 0 saturated carbocycles. The van der Waals surface area contributed by atoms with Crippen LogP contribution >= 0.6 is 11.8 Å². The largest absolute Gasteiger partial charge is 0.331 e. The lowest BCUT2D eigenvalue weighted by atomic mass is 10.0. The highest BCUT2D eigenvalue weighted by Gasteiger charge is 2.10. The molecule has 176 valence electrons. The zero-order chi connectivity index (χ0) is 24.2. The molecule has 0 bridgehead atoms. The van der Waals surface area contributed by atoms with Crippen molar-refractivity contribution in [3.05, 3.63) is 95.6 Å². The first-order valence-corrected chi connectivity index (χ1v) is 12.6. The van der Waals surface area contributed by atoms with E-state index in [1.165, 1.54) is 26.2 Å². The molecule has 0 aliphatic rings. The van der Waals surface area contributed by atoms with Gasteiger partial charge in [-0.2, -0.15) is 0 Å². The minimum absolute atomic E-state index is 0.0239. The van der Waals surface area contributed by atoms with Crippen molar-refractivity contribution in [2.24, 2.45) is 5.16 Å². The van der Waals surface area contributed by atoms with Crippen molar-refractivity contribution >= 4 is 29.2 Å². The topological polar surface area (TPSA) is 55.7 Å². The average Bonchev–Trinajstić information content (AvgIpc) is 2.87. The van der Waals surface area contributed by atoms with Gasteiger partial charge in [-0.25, -0.2) is 4.79 Å². The van der Waals surface area contributed by atoms with E-state index < -0.39 is 5.97 Å². The molecule has 0 heterocycles. The van der Waals surface area contributed by atoms with Crippen LogP contribution in [0.15, 0.2) is 93.8 Å². The highest BCUT2D eigenvalue weighted by molar-refractivity contribution is 7.99. The Bertz CT molecular complexity index is 1090. The van der Waals surface area contributed by atoms with E-state index in [-0.39, 0.29) is 5.78 Å². The summed E-state index contributed by atoms with van der Waals surface area (Å²) in [5.74, 6) is -0.388. The molecule has 0 aliphatic carbocycles. The molecule has 0 unspecified atom stereocenters. The lowest BCUT2D eigenvalue weighted by Crippen LogP contribution is -2.04. The number of carbonyl (C=O) groups excluding carboxylic acids is 2. The average molecular weight is 474 g/mol. The minimum Gasteiger partial charge on any atom is -0.318 e. The third-order valence-corrected chi connectivity index (χ3v) is 6.39. The number of carbonyl (C=O) groups is 2. The van der Waals surface area contributed by atoms with E-state index in [0.29, 0.717) is 11.1 Å². The summed E-state index contributed by atoms with van der Waals surface area (Å²) in [6, 6.07) is 25.1. The van der Waals surface area contributed by atoms with E-state index in [4.69, 9.17) is 4.84 Å². The van der Waals surface area contributed by atoms with Gasteiger partial charge in [0, 0.05) is 27.8 Å². The molecule has 3 aromatic rings. The van der Waals surface area contributed by atoms with E-state index in [1.807, 2.05) is 78.9 Å². The summed E-state index contributed by atoms with van der Waals surface area (Å²) in [4.78, 5) is 30.9. The molecule has 0 radical (unpaired) electrons. The predicted molar refractivity (Wildman–Crippen MR) is 139 cm³/mol. The molecule has 0 atom stereocenters. The summed E-state index contributed by atoms with van der Waals surface area (Å²) in [7, 11) is 0. The molecule has 0 aliphatic heterocycles. The van der Waals surface area contributed by atoms with Gasteiger partial charge in [-0.1, -0.05) is 92.0 Å². The molecule has 34 heavy (non-hydrogen) atoms. The van der Waals surface area contributed by atoms with Crippen molar-refractivity contribution in [1.82, 2.24) is 0 Å². The molecule has 0 spiro atoms. The quantitative estimate of drug-likeness (QED) is 0.0889. The Kier molecular flexibility index (Phi) is 10.1. The van der Waals surface area contributed by atoms with Crippen molar-refractivity contribution in [1.29, 1.82) is 0 Å². The lowest BCUT2D eigenvalue weighted by molar-refractivity contribution is -0.140. The highest BCUT2D eigenvalue weighted by Crippen LogP contribution is 2.29. The number of hydrogen-bond acceptors (Lipinski definition) is 5. The van der Waals surface area contributed by atoms with Crippen molar-refractivity contribution in [2.75, 3.05) is 0 Å². The Morgan fingerprint density at radius 3 is 1.88 bits per heavy atom. The van der Waals surface area contributed by atoms with E-state index >= 15 is 0 Å². The second-order valence-electron chi connectivity index (χ2n) is 8.13. The van der Waals surface area contributed by atoms with Crippen LogP contribution in [0.1, 0.15) is 73.9 Å². The zero-order valence-electron chi connectivity index (χ0n) is 19.8. The first-order chi connectivity index (χ1) is 16.6. The van der Waals surface area contributed by atoms with Crippen LogP contribution in [-0.4, -0.2) is 17.5 Å². The summed E-state index contributed by atoms with van der Waals surface area (Å²) < 4.78 is 0. The van der Waals surface area contributed by atoms with Crippen molar-refractivity contribution in [2.45, 2.75) is 62.2 Å². The molecule has 3 rings (SSSR count). The molecule has 3 aromatic carbocycles. The highest BCUT2D eigenvalue weighted by atomic mass is 32.2. The molecule has 5 heteroatoms. The summed E-state index contributed by atoms with van der Waals surface area (Å²) in [5, 5.41) is 4.10. The van der Waals surface area contributed by atoms with E-state index in [0.717, 1.165) is 40.3 Å². The fourth-order valence-electron chi connectivity index (χ4n) is 3.54. The molecule has 0 fully saturated rings. The van der Waals surface area contributed by atoms with E-state index in [1.54, 1.807) is 11.8 Å². The van der Waals surface area contributed by atoms with Crippen LogP contribution in [0.2, 0.25) is 0 Å². The summed E-state index contributed by atoms with van der Waals surface area (Å²) in [5.41, 5.74) is 3.13. The first kappa shape index (κ1) is 25.4. The van der Waals surface area contributed by atoms with E-state index in [2.05, 4.69) is 12.1 Å². The second-order valence-corrected chi connectivity index (χ2v) is 9.28. The minimum atomic E-state index is -0.412. The van der Waals surface area contributed by atoms with Crippen LogP contribution in [0.4, 0.5) is 0 Å². The van der Waals surface area contributed by atoms with Crippen LogP contribution in [-0.2, 0) is 9.63 Å². The third kappa shape index (κ3) is 7.99. The normalized spacial score (nSPS) is 11.3. The maximum atomic E-state index is 12.6. The Morgan fingerprint density at radius 2 is 1.29 bits per heavy atom.